The van der Waals surface area contributed by atoms with Crippen molar-refractivity contribution in [2.24, 2.45) is 4.99 Å². The second-order valence-corrected chi connectivity index (χ2v) is 11.2. The molecule has 4 rings (SSSR count). The number of hydrogen-bond donors (Lipinski definition) is 0. The van der Waals surface area contributed by atoms with Crippen LogP contribution in [0.5, 0.6) is 0 Å². The maximum absolute atomic E-state index is 13.0. The summed E-state index contributed by atoms with van der Waals surface area (Å²) in [6, 6.07) is 11.3. The van der Waals surface area contributed by atoms with E-state index in [1.165, 1.54) is 39.9 Å². The minimum Gasteiger partial charge on any atom is -0.462 e. The fourth-order valence-electron chi connectivity index (χ4n) is 4.16. The van der Waals surface area contributed by atoms with Crippen LogP contribution in [0.3, 0.4) is 0 Å². The smallest absolute Gasteiger partial charge is 0.338 e. The van der Waals surface area contributed by atoms with Crippen LogP contribution in [0.25, 0.3) is 10.2 Å². The number of aryl methyl sites for hydroxylation is 1. The number of fused-ring (bicyclic) bond motifs is 1. The van der Waals surface area contributed by atoms with Crippen molar-refractivity contribution in [3.8, 4) is 0 Å². The quantitative estimate of drug-likeness (QED) is 0.458. The van der Waals surface area contributed by atoms with Crippen molar-refractivity contribution in [2.75, 3.05) is 19.7 Å². The van der Waals surface area contributed by atoms with Gasteiger partial charge in [-0.1, -0.05) is 24.2 Å². The third-order valence-electron chi connectivity index (χ3n) is 6.01. The second kappa shape index (κ2) is 10.8. The van der Waals surface area contributed by atoms with E-state index in [1.807, 2.05) is 17.6 Å². The fourth-order valence-corrected chi connectivity index (χ4v) is 6.81. The molecule has 2 aromatic carbocycles. The molecule has 8 nitrogen and oxygen atoms in total. The van der Waals surface area contributed by atoms with Crippen LogP contribution in [0, 0.1) is 0 Å². The molecule has 1 aliphatic rings. The van der Waals surface area contributed by atoms with Gasteiger partial charge >= 0.3 is 5.97 Å². The molecule has 1 aromatic heterocycles. The number of nitrogens with zero attached hydrogens (tertiary/aromatic N) is 3. The fraction of sp³-hybridized carbons (Fsp3) is 0.400. The van der Waals surface area contributed by atoms with E-state index in [0.29, 0.717) is 42.2 Å². The number of rotatable bonds is 6. The molecule has 1 amide bonds. The standard InChI is InChI=1S/C25H29N3O5S2/c1-3-28-21-14-11-19(24(30)33-4-2)17-22(21)34-25(28)26-23(29)18-9-12-20(13-10-18)35(31,32)27-15-7-5-6-8-16-27/h9-14,17H,3-8,15-16H2,1-2H3. The lowest BCUT2D eigenvalue weighted by molar-refractivity contribution is 0.0526. The highest BCUT2D eigenvalue weighted by molar-refractivity contribution is 7.89. The zero-order chi connectivity index (χ0) is 25.0. The summed E-state index contributed by atoms with van der Waals surface area (Å²) in [5.41, 5.74) is 1.63. The first-order valence-electron chi connectivity index (χ1n) is 11.8. The normalized spacial score (nSPS) is 15.8. The van der Waals surface area contributed by atoms with Crippen molar-refractivity contribution in [3.63, 3.8) is 0 Å². The van der Waals surface area contributed by atoms with E-state index in [-0.39, 0.29) is 4.90 Å². The van der Waals surface area contributed by atoms with Crippen molar-refractivity contribution in [1.29, 1.82) is 0 Å². The summed E-state index contributed by atoms with van der Waals surface area (Å²) in [5, 5.41) is 0. The molecule has 0 aliphatic carbocycles. The number of amides is 1. The Bertz CT molecular complexity index is 1400. The molecule has 1 saturated heterocycles. The SMILES string of the molecule is CCOC(=O)c1ccc2c(c1)sc(=NC(=O)c1ccc(S(=O)(=O)N3CCCCCC3)cc1)n2CC. The summed E-state index contributed by atoms with van der Waals surface area (Å²) in [4.78, 5) is 30.0. The van der Waals surface area contributed by atoms with Gasteiger partial charge in [0.1, 0.15) is 0 Å². The Morgan fingerprint density at radius 2 is 1.63 bits per heavy atom. The summed E-state index contributed by atoms with van der Waals surface area (Å²) in [6.07, 6.45) is 3.81. The van der Waals surface area contributed by atoms with Gasteiger partial charge < -0.3 is 9.30 Å². The number of hydrogen-bond acceptors (Lipinski definition) is 6. The highest BCUT2D eigenvalue weighted by Crippen LogP contribution is 2.22. The molecule has 0 radical (unpaired) electrons. The Morgan fingerprint density at radius 3 is 2.26 bits per heavy atom. The van der Waals surface area contributed by atoms with Crippen molar-refractivity contribution >= 4 is 43.5 Å². The average molecular weight is 516 g/mol. The molecule has 0 spiro atoms. The minimum atomic E-state index is -3.58. The molecule has 0 unspecified atom stereocenters. The molecule has 3 aromatic rings. The first-order chi connectivity index (χ1) is 16.8. The summed E-state index contributed by atoms with van der Waals surface area (Å²) in [5.74, 6) is -0.848. The number of sulfonamides is 1. The Labute approximate surface area is 208 Å². The van der Waals surface area contributed by atoms with Crippen LogP contribution in [0.15, 0.2) is 52.4 Å². The van der Waals surface area contributed by atoms with E-state index in [9.17, 15) is 18.0 Å². The summed E-state index contributed by atoms with van der Waals surface area (Å²) < 4.78 is 35.3. The summed E-state index contributed by atoms with van der Waals surface area (Å²) >= 11 is 1.31. The van der Waals surface area contributed by atoms with Crippen molar-refractivity contribution in [1.82, 2.24) is 8.87 Å². The third-order valence-corrected chi connectivity index (χ3v) is 8.97. The Morgan fingerprint density at radius 1 is 0.971 bits per heavy atom. The Hall–Kier alpha value is -2.82. The van der Waals surface area contributed by atoms with Gasteiger partial charge in [-0.15, -0.1) is 0 Å². The van der Waals surface area contributed by atoms with E-state index >= 15 is 0 Å². The maximum Gasteiger partial charge on any atom is 0.338 e. The van der Waals surface area contributed by atoms with Crippen LogP contribution in [0.4, 0.5) is 0 Å². The van der Waals surface area contributed by atoms with Gasteiger partial charge in [0, 0.05) is 25.2 Å². The van der Waals surface area contributed by atoms with Crippen LogP contribution in [-0.4, -0.2) is 48.9 Å². The van der Waals surface area contributed by atoms with Gasteiger partial charge in [0.15, 0.2) is 4.80 Å². The van der Waals surface area contributed by atoms with Gasteiger partial charge in [0.25, 0.3) is 5.91 Å². The number of aromatic nitrogens is 1. The van der Waals surface area contributed by atoms with Crippen LogP contribution < -0.4 is 4.80 Å². The van der Waals surface area contributed by atoms with Crippen molar-refractivity contribution in [3.05, 3.63) is 58.4 Å². The van der Waals surface area contributed by atoms with Gasteiger partial charge in [-0.2, -0.15) is 9.30 Å². The van der Waals surface area contributed by atoms with Crippen LogP contribution >= 0.6 is 11.3 Å². The average Bonchev–Trinajstić information content (AvgIpc) is 3.00. The van der Waals surface area contributed by atoms with Crippen molar-refractivity contribution < 1.29 is 22.7 Å². The van der Waals surface area contributed by atoms with Gasteiger partial charge in [0.05, 0.1) is 27.3 Å². The Kier molecular flexibility index (Phi) is 7.83. The van der Waals surface area contributed by atoms with Crippen LogP contribution in [0.1, 0.15) is 60.2 Å². The monoisotopic (exact) mass is 515 g/mol. The predicted molar refractivity (Wildman–Crippen MR) is 135 cm³/mol. The zero-order valence-corrected chi connectivity index (χ0v) is 21.5. The van der Waals surface area contributed by atoms with E-state index < -0.39 is 21.9 Å². The van der Waals surface area contributed by atoms with Gasteiger partial charge in [-0.25, -0.2) is 13.2 Å². The molecule has 2 heterocycles. The third kappa shape index (κ3) is 5.39. The molecular formula is C25H29N3O5S2. The minimum absolute atomic E-state index is 0.188. The lowest BCUT2D eigenvalue weighted by Crippen LogP contribution is -2.31. The lowest BCUT2D eigenvalue weighted by Gasteiger charge is -2.19. The number of thiazole rings is 1. The predicted octanol–water partition coefficient (Wildman–Crippen LogP) is 4.21. The molecule has 10 heteroatoms. The van der Waals surface area contributed by atoms with Crippen LogP contribution in [0.2, 0.25) is 0 Å². The van der Waals surface area contributed by atoms with Gasteiger partial charge in [-0.05, 0) is 69.2 Å². The van der Waals surface area contributed by atoms with Crippen molar-refractivity contribution in [2.45, 2.75) is 51.0 Å². The largest absolute Gasteiger partial charge is 0.462 e. The maximum atomic E-state index is 13.0. The van der Waals surface area contributed by atoms with Gasteiger partial charge in [-0.3, -0.25) is 4.79 Å². The molecule has 1 aliphatic heterocycles. The highest BCUT2D eigenvalue weighted by atomic mass is 32.2. The summed E-state index contributed by atoms with van der Waals surface area (Å²) in [6.45, 7) is 5.66. The number of carbonyl (C=O) groups excluding carboxylic acids is 2. The number of carbonyl (C=O) groups is 2. The molecule has 0 saturated carbocycles. The topological polar surface area (TPSA) is 98.0 Å². The van der Waals surface area contributed by atoms with E-state index in [4.69, 9.17) is 4.74 Å². The molecule has 0 N–H and O–H groups in total. The molecule has 35 heavy (non-hydrogen) atoms. The molecule has 1 fully saturated rings. The first-order valence-corrected chi connectivity index (χ1v) is 14.1. The van der Waals surface area contributed by atoms with E-state index in [0.717, 1.165) is 35.9 Å². The lowest BCUT2D eigenvalue weighted by atomic mass is 10.2. The van der Waals surface area contributed by atoms with Gasteiger partial charge in [0.2, 0.25) is 10.0 Å². The zero-order valence-electron chi connectivity index (χ0n) is 19.9. The molecule has 0 bridgehead atoms. The summed E-state index contributed by atoms with van der Waals surface area (Å²) in [7, 11) is -3.58. The first kappa shape index (κ1) is 25.3. The highest BCUT2D eigenvalue weighted by Gasteiger charge is 2.25. The number of benzene rings is 2. The van der Waals surface area contributed by atoms with E-state index in [2.05, 4.69) is 4.99 Å². The molecular weight excluding hydrogens is 486 g/mol. The van der Waals surface area contributed by atoms with Crippen LogP contribution in [-0.2, 0) is 21.3 Å². The molecule has 0 atom stereocenters. The second-order valence-electron chi connectivity index (χ2n) is 8.29. The van der Waals surface area contributed by atoms with E-state index in [1.54, 1.807) is 19.1 Å². The number of ether oxygens (including phenoxy) is 1. The number of esters is 1. The Balaban J connectivity index is 1.62. The molecule has 186 valence electrons.